The van der Waals surface area contributed by atoms with Gasteiger partial charge in [-0.2, -0.15) is 0 Å². The summed E-state index contributed by atoms with van der Waals surface area (Å²) in [6.07, 6.45) is 0. The van der Waals surface area contributed by atoms with E-state index in [1.807, 2.05) is 0 Å². The van der Waals surface area contributed by atoms with Crippen LogP contribution in [-0.2, 0) is 14.4 Å². The third kappa shape index (κ3) is 8.63. The Kier molecular flexibility index (Phi) is 10.2. The summed E-state index contributed by atoms with van der Waals surface area (Å²) < 4.78 is 0. The Morgan fingerprint density at radius 2 is 1.37 bits per heavy atom. The van der Waals surface area contributed by atoms with Crippen LogP contribution in [0.3, 0.4) is 0 Å². The summed E-state index contributed by atoms with van der Waals surface area (Å²) in [5.41, 5.74) is 5.28. The van der Waals surface area contributed by atoms with Gasteiger partial charge in [0.2, 0.25) is 17.7 Å². The maximum absolute atomic E-state index is 11.5. The Balaban J connectivity index is 4.06. The van der Waals surface area contributed by atoms with Crippen LogP contribution in [-0.4, -0.2) is 67.1 Å². The van der Waals surface area contributed by atoms with Crippen molar-refractivity contribution >= 4 is 40.9 Å². The van der Waals surface area contributed by atoms with Gasteiger partial charge in [0.25, 0.3) is 0 Å². The molecule has 0 saturated heterocycles. The van der Waals surface area contributed by atoms with Gasteiger partial charge in [-0.3, -0.25) is 14.4 Å². The van der Waals surface area contributed by atoms with Crippen LogP contribution >= 0.6 is 23.2 Å². The average molecular weight is 313 g/mol. The lowest BCUT2D eigenvalue weighted by Crippen LogP contribution is -2.45. The maximum atomic E-state index is 11.5. The first-order valence-corrected chi connectivity index (χ1v) is 6.75. The molecule has 0 aromatic rings. The van der Waals surface area contributed by atoms with Gasteiger partial charge in [0.15, 0.2) is 0 Å². The molecule has 4 N–H and O–H groups in total. The van der Waals surface area contributed by atoms with Crippen LogP contribution in [0.15, 0.2) is 0 Å². The zero-order valence-corrected chi connectivity index (χ0v) is 12.0. The predicted molar refractivity (Wildman–Crippen MR) is 73.1 cm³/mol. The third-order valence-corrected chi connectivity index (χ3v) is 2.66. The average Bonchev–Trinajstić information content (AvgIpc) is 2.44. The number of carbonyl (C=O) groups excluding carboxylic acids is 3. The summed E-state index contributed by atoms with van der Waals surface area (Å²) in [7, 11) is 0. The van der Waals surface area contributed by atoms with Crippen LogP contribution in [0, 0.1) is 0 Å². The monoisotopic (exact) mass is 312 g/mol. The highest BCUT2D eigenvalue weighted by Gasteiger charge is 2.12. The van der Waals surface area contributed by atoms with Gasteiger partial charge in [-0.15, -0.1) is 23.2 Å². The van der Waals surface area contributed by atoms with E-state index in [0.29, 0.717) is 13.1 Å². The standard InChI is InChI=1S/C10H18Cl2N4O3/c11-5-8(17)14-1-3-16(10(19)7-13)4-2-15-9(18)6-12/h1-7,13H2,(H,14,17)(H,15,18). The largest absolute Gasteiger partial charge is 0.353 e. The third-order valence-electron chi connectivity index (χ3n) is 2.18. The number of nitrogens with two attached hydrogens (primary N) is 1. The number of carbonyl (C=O) groups is 3. The van der Waals surface area contributed by atoms with E-state index in [1.165, 1.54) is 4.90 Å². The second-order valence-corrected chi connectivity index (χ2v) is 4.09. The molecular formula is C10H18Cl2N4O3. The van der Waals surface area contributed by atoms with Gasteiger partial charge in [0, 0.05) is 26.2 Å². The molecule has 0 aromatic heterocycles. The molecule has 0 bridgehead atoms. The lowest BCUT2D eigenvalue weighted by molar-refractivity contribution is -0.130. The van der Waals surface area contributed by atoms with Crippen molar-refractivity contribution in [3.8, 4) is 0 Å². The summed E-state index contributed by atoms with van der Waals surface area (Å²) in [5.74, 6) is -1.14. The predicted octanol–water partition coefficient (Wildman–Crippen LogP) is -1.52. The number of hydrogen-bond acceptors (Lipinski definition) is 4. The molecule has 0 rings (SSSR count). The van der Waals surface area contributed by atoms with Crippen molar-refractivity contribution in [1.82, 2.24) is 15.5 Å². The Labute approximate surface area is 121 Å². The molecule has 0 aliphatic carbocycles. The summed E-state index contributed by atoms with van der Waals surface area (Å²) in [5, 5.41) is 5.08. The molecule has 19 heavy (non-hydrogen) atoms. The van der Waals surface area contributed by atoms with Crippen molar-refractivity contribution in [3.05, 3.63) is 0 Å². The normalized spacial score (nSPS) is 9.84. The Morgan fingerprint density at radius 3 is 1.68 bits per heavy atom. The highest BCUT2D eigenvalue weighted by atomic mass is 35.5. The quantitative estimate of drug-likeness (QED) is 0.450. The van der Waals surface area contributed by atoms with E-state index >= 15 is 0 Å². The molecule has 0 saturated carbocycles. The Morgan fingerprint density at radius 1 is 0.947 bits per heavy atom. The number of alkyl halides is 2. The van der Waals surface area contributed by atoms with Crippen molar-refractivity contribution in [1.29, 1.82) is 0 Å². The van der Waals surface area contributed by atoms with Crippen LogP contribution in [0.4, 0.5) is 0 Å². The number of nitrogens with zero attached hydrogens (tertiary/aromatic N) is 1. The molecule has 0 aliphatic heterocycles. The Hall–Kier alpha value is -1.05. The Bertz CT molecular complexity index is 293. The molecule has 0 heterocycles. The summed E-state index contributed by atoms with van der Waals surface area (Å²) in [6, 6.07) is 0. The van der Waals surface area contributed by atoms with E-state index in [9.17, 15) is 14.4 Å². The summed E-state index contributed by atoms with van der Waals surface area (Å²) in [4.78, 5) is 34.8. The fourth-order valence-corrected chi connectivity index (χ4v) is 1.43. The maximum Gasteiger partial charge on any atom is 0.236 e. The molecule has 0 unspecified atom stereocenters. The van der Waals surface area contributed by atoms with E-state index < -0.39 is 0 Å². The molecule has 0 fully saturated rings. The number of rotatable bonds is 9. The van der Waals surface area contributed by atoms with E-state index in [2.05, 4.69) is 10.6 Å². The first-order valence-electron chi connectivity index (χ1n) is 5.68. The number of nitrogens with one attached hydrogen (secondary N) is 2. The van der Waals surface area contributed by atoms with Crippen molar-refractivity contribution in [2.45, 2.75) is 0 Å². The molecule has 3 amide bonds. The second kappa shape index (κ2) is 10.8. The zero-order valence-electron chi connectivity index (χ0n) is 10.5. The smallest absolute Gasteiger partial charge is 0.236 e. The SMILES string of the molecule is NCC(=O)N(CCNC(=O)CCl)CCNC(=O)CCl. The van der Waals surface area contributed by atoms with Crippen LogP contribution in [0.1, 0.15) is 0 Å². The van der Waals surface area contributed by atoms with E-state index in [0.717, 1.165) is 0 Å². The van der Waals surface area contributed by atoms with Crippen molar-refractivity contribution in [2.75, 3.05) is 44.5 Å². The second-order valence-electron chi connectivity index (χ2n) is 3.55. The first kappa shape index (κ1) is 17.9. The van der Waals surface area contributed by atoms with E-state index in [4.69, 9.17) is 28.9 Å². The lowest BCUT2D eigenvalue weighted by atomic mass is 10.4. The minimum Gasteiger partial charge on any atom is -0.353 e. The number of amides is 3. The van der Waals surface area contributed by atoms with Crippen LogP contribution < -0.4 is 16.4 Å². The van der Waals surface area contributed by atoms with E-state index in [1.54, 1.807) is 0 Å². The van der Waals surface area contributed by atoms with Gasteiger partial charge in [0.1, 0.15) is 11.8 Å². The van der Waals surface area contributed by atoms with Gasteiger partial charge >= 0.3 is 0 Å². The van der Waals surface area contributed by atoms with Crippen LogP contribution in [0.5, 0.6) is 0 Å². The van der Waals surface area contributed by atoms with Crippen molar-refractivity contribution in [3.63, 3.8) is 0 Å². The molecule has 0 radical (unpaired) electrons. The molecule has 9 heteroatoms. The van der Waals surface area contributed by atoms with E-state index in [-0.39, 0.29) is 49.1 Å². The van der Waals surface area contributed by atoms with Gasteiger partial charge in [-0.1, -0.05) is 0 Å². The molecule has 0 spiro atoms. The fraction of sp³-hybridized carbons (Fsp3) is 0.700. The molecule has 0 aromatic carbocycles. The molecular weight excluding hydrogens is 295 g/mol. The van der Waals surface area contributed by atoms with Crippen molar-refractivity contribution in [2.24, 2.45) is 5.73 Å². The van der Waals surface area contributed by atoms with Gasteiger partial charge in [-0.25, -0.2) is 0 Å². The first-order chi connectivity index (χ1) is 9.04. The minimum absolute atomic E-state index is 0.128. The molecule has 110 valence electrons. The topological polar surface area (TPSA) is 105 Å². The molecule has 0 atom stereocenters. The highest BCUT2D eigenvalue weighted by molar-refractivity contribution is 6.27. The summed E-state index contributed by atoms with van der Waals surface area (Å²) >= 11 is 10.6. The molecule has 0 aliphatic rings. The zero-order chi connectivity index (χ0) is 14.7. The number of halogens is 2. The van der Waals surface area contributed by atoms with Gasteiger partial charge in [0.05, 0.1) is 6.54 Å². The van der Waals surface area contributed by atoms with Gasteiger partial charge < -0.3 is 21.3 Å². The highest BCUT2D eigenvalue weighted by Crippen LogP contribution is 1.88. The number of hydrogen-bond donors (Lipinski definition) is 3. The summed E-state index contributed by atoms with van der Waals surface area (Å²) in [6.45, 7) is 1.03. The minimum atomic E-state index is -0.308. The van der Waals surface area contributed by atoms with Gasteiger partial charge in [-0.05, 0) is 0 Å². The van der Waals surface area contributed by atoms with Crippen molar-refractivity contribution < 1.29 is 14.4 Å². The van der Waals surface area contributed by atoms with Crippen LogP contribution in [0.25, 0.3) is 0 Å². The fourth-order valence-electron chi connectivity index (χ4n) is 1.25. The molecule has 7 nitrogen and oxygen atoms in total. The lowest BCUT2D eigenvalue weighted by Gasteiger charge is -2.22. The van der Waals surface area contributed by atoms with Crippen LogP contribution in [0.2, 0.25) is 0 Å².